The molecule has 5 rings (SSSR count). The average Bonchev–Trinajstić information content (AvgIpc) is 2.68. The van der Waals surface area contributed by atoms with Crippen LogP contribution < -0.4 is 10.9 Å². The van der Waals surface area contributed by atoms with E-state index in [1.54, 1.807) is 12.3 Å². The van der Waals surface area contributed by atoms with Crippen molar-refractivity contribution in [2.45, 2.75) is 18.9 Å². The summed E-state index contributed by atoms with van der Waals surface area (Å²) in [6.45, 7) is 2.52. The highest BCUT2D eigenvalue weighted by Crippen LogP contribution is 2.35. The van der Waals surface area contributed by atoms with Gasteiger partial charge in [-0.2, -0.15) is 0 Å². The number of pyridine rings is 2. The lowest BCUT2D eigenvalue weighted by Gasteiger charge is -2.43. The number of hydrogen-bond acceptors (Lipinski definition) is 3. The van der Waals surface area contributed by atoms with E-state index in [4.69, 9.17) is 12.2 Å². The Morgan fingerprint density at radius 2 is 2.04 bits per heavy atom. The zero-order valence-corrected chi connectivity index (χ0v) is 15.7. The van der Waals surface area contributed by atoms with Crippen LogP contribution in [0.25, 0.3) is 10.9 Å². The van der Waals surface area contributed by atoms with Crippen molar-refractivity contribution in [1.82, 2.24) is 14.5 Å². The second-order valence-electron chi connectivity index (χ2n) is 7.44. The Kier molecular flexibility index (Phi) is 3.93. The molecule has 2 aliphatic heterocycles. The van der Waals surface area contributed by atoms with Gasteiger partial charge in [0.15, 0.2) is 5.11 Å². The highest BCUT2D eigenvalue weighted by molar-refractivity contribution is 7.80. The first-order valence-corrected chi connectivity index (χ1v) is 9.69. The summed E-state index contributed by atoms with van der Waals surface area (Å²) < 4.78 is 1.95. The largest absolute Gasteiger partial charge is 0.348 e. The van der Waals surface area contributed by atoms with Crippen molar-refractivity contribution in [1.29, 1.82) is 0 Å². The fraction of sp³-hybridized carbons (Fsp3) is 0.286. The number of thiocarbonyl (C=S) groups is 1. The van der Waals surface area contributed by atoms with Gasteiger partial charge in [-0.3, -0.25) is 9.78 Å². The smallest absolute Gasteiger partial charge is 0.250 e. The second-order valence-corrected chi connectivity index (χ2v) is 7.83. The lowest BCUT2D eigenvalue weighted by molar-refractivity contribution is 0.180. The highest BCUT2D eigenvalue weighted by atomic mass is 32.1. The molecule has 2 bridgehead atoms. The Labute approximate surface area is 162 Å². The third kappa shape index (κ3) is 3.00. The second kappa shape index (κ2) is 6.46. The van der Waals surface area contributed by atoms with Gasteiger partial charge >= 0.3 is 0 Å². The van der Waals surface area contributed by atoms with Crippen LogP contribution in [0.2, 0.25) is 0 Å². The summed E-state index contributed by atoms with van der Waals surface area (Å²) in [5.41, 5.74) is 3.21. The molecule has 2 aromatic heterocycles. The first-order chi connectivity index (χ1) is 13.2. The van der Waals surface area contributed by atoms with Crippen LogP contribution in [0.15, 0.2) is 59.5 Å². The molecule has 1 fully saturated rings. The molecule has 2 aliphatic rings. The van der Waals surface area contributed by atoms with Crippen LogP contribution in [0.3, 0.4) is 0 Å². The molecular formula is C21H20N4OS. The van der Waals surface area contributed by atoms with Crippen molar-refractivity contribution in [3.05, 3.63) is 70.8 Å². The first kappa shape index (κ1) is 16.4. The van der Waals surface area contributed by atoms with Crippen LogP contribution in [0.4, 0.5) is 5.69 Å². The summed E-state index contributed by atoms with van der Waals surface area (Å²) in [5, 5.41) is 5.23. The van der Waals surface area contributed by atoms with Crippen LogP contribution in [-0.4, -0.2) is 32.7 Å². The summed E-state index contributed by atoms with van der Waals surface area (Å²) in [5.74, 6) is 0.809. The van der Waals surface area contributed by atoms with E-state index < -0.39 is 0 Å². The predicted molar refractivity (Wildman–Crippen MR) is 111 cm³/mol. The summed E-state index contributed by atoms with van der Waals surface area (Å²) in [6.07, 6.45) is 2.93. The third-order valence-electron chi connectivity index (χ3n) is 5.62. The van der Waals surface area contributed by atoms with E-state index >= 15 is 0 Å². The van der Waals surface area contributed by atoms with E-state index in [0.29, 0.717) is 11.8 Å². The summed E-state index contributed by atoms with van der Waals surface area (Å²) in [4.78, 5) is 18.8. The number of piperidine rings is 1. The molecule has 1 saturated heterocycles. The molecule has 136 valence electrons. The summed E-state index contributed by atoms with van der Waals surface area (Å²) >= 11 is 5.71. The minimum atomic E-state index is 0.112. The van der Waals surface area contributed by atoms with E-state index in [2.05, 4.69) is 33.4 Å². The number of nitrogens with zero attached hydrogens (tertiary/aromatic N) is 3. The molecule has 4 heterocycles. The first-order valence-electron chi connectivity index (χ1n) is 9.28. The van der Waals surface area contributed by atoms with Crippen molar-refractivity contribution >= 4 is 33.9 Å². The number of likely N-dealkylation sites (tertiary alicyclic amines) is 1. The van der Waals surface area contributed by atoms with Gasteiger partial charge in [0.1, 0.15) is 0 Å². The molecule has 0 radical (unpaired) electrons. The predicted octanol–water partition coefficient (Wildman–Crippen LogP) is 3.21. The van der Waals surface area contributed by atoms with Crippen LogP contribution in [-0.2, 0) is 6.54 Å². The van der Waals surface area contributed by atoms with E-state index in [-0.39, 0.29) is 5.56 Å². The number of anilines is 1. The molecule has 0 unspecified atom stereocenters. The molecule has 0 saturated carbocycles. The van der Waals surface area contributed by atoms with E-state index in [1.165, 1.54) is 0 Å². The van der Waals surface area contributed by atoms with Crippen molar-refractivity contribution in [2.75, 3.05) is 18.4 Å². The van der Waals surface area contributed by atoms with Crippen molar-refractivity contribution in [3.8, 4) is 0 Å². The summed E-state index contributed by atoms with van der Waals surface area (Å²) in [6, 6.07) is 15.7. The van der Waals surface area contributed by atoms with Crippen LogP contribution in [0.1, 0.15) is 18.0 Å². The maximum Gasteiger partial charge on any atom is 0.250 e. The molecule has 2 atom stereocenters. The molecule has 0 amide bonds. The zero-order chi connectivity index (χ0) is 18.4. The van der Waals surface area contributed by atoms with Crippen molar-refractivity contribution in [2.24, 2.45) is 5.92 Å². The Morgan fingerprint density at radius 3 is 2.96 bits per heavy atom. The molecule has 3 aromatic rings. The third-order valence-corrected chi connectivity index (χ3v) is 5.98. The Balaban J connectivity index is 1.36. The molecule has 6 heteroatoms. The number of fused-ring (bicyclic) bond motifs is 5. The number of aromatic nitrogens is 2. The van der Waals surface area contributed by atoms with Crippen molar-refractivity contribution < 1.29 is 0 Å². The number of rotatable bonds is 1. The van der Waals surface area contributed by atoms with Crippen LogP contribution in [0.5, 0.6) is 0 Å². The van der Waals surface area contributed by atoms with Gasteiger partial charge in [0.25, 0.3) is 5.56 Å². The zero-order valence-electron chi connectivity index (χ0n) is 14.8. The van der Waals surface area contributed by atoms with Gasteiger partial charge in [-0.15, -0.1) is 0 Å². The number of hydrogen-bond donors (Lipinski definition) is 1. The average molecular weight is 376 g/mol. The molecule has 27 heavy (non-hydrogen) atoms. The van der Waals surface area contributed by atoms with Gasteiger partial charge in [-0.25, -0.2) is 0 Å². The maximum atomic E-state index is 12.2. The molecule has 5 nitrogen and oxygen atoms in total. The quantitative estimate of drug-likeness (QED) is 0.661. The van der Waals surface area contributed by atoms with E-state index in [1.807, 2.05) is 28.8 Å². The standard InChI is InChI=1S/C21H20N4OS/c26-20-5-1-4-19-16-9-14(12-25(19)20)11-24(13-16)21(27)23-17-6-7-18-15(10-17)3-2-8-22-18/h1-8,10,14,16H,9,11-13H2,(H,23,27)/t14-,16-/m0/s1. The summed E-state index contributed by atoms with van der Waals surface area (Å²) in [7, 11) is 0. The molecule has 0 aliphatic carbocycles. The Morgan fingerprint density at radius 1 is 1.11 bits per heavy atom. The van der Waals surface area contributed by atoms with E-state index in [9.17, 15) is 4.79 Å². The van der Waals surface area contributed by atoms with Gasteiger partial charge < -0.3 is 14.8 Å². The lowest BCUT2D eigenvalue weighted by Crippen LogP contribution is -2.50. The highest BCUT2D eigenvalue weighted by Gasteiger charge is 2.35. The molecule has 1 aromatic carbocycles. The number of nitrogens with one attached hydrogen (secondary N) is 1. The monoisotopic (exact) mass is 376 g/mol. The Bertz CT molecular complexity index is 1090. The van der Waals surface area contributed by atoms with Crippen LogP contribution >= 0.6 is 12.2 Å². The van der Waals surface area contributed by atoms with Gasteiger partial charge in [-0.05, 0) is 54.9 Å². The van der Waals surface area contributed by atoms with Gasteiger partial charge in [-0.1, -0.05) is 12.1 Å². The van der Waals surface area contributed by atoms with Gasteiger partial charge in [0, 0.05) is 54.6 Å². The fourth-order valence-electron chi connectivity index (χ4n) is 4.42. The minimum absolute atomic E-state index is 0.112. The Hall–Kier alpha value is -2.73. The maximum absolute atomic E-state index is 12.2. The molecule has 1 N–H and O–H groups in total. The molecule has 0 spiro atoms. The molecular weight excluding hydrogens is 356 g/mol. The van der Waals surface area contributed by atoms with Crippen LogP contribution in [0, 0.1) is 5.92 Å². The topological polar surface area (TPSA) is 50.2 Å². The van der Waals surface area contributed by atoms with Crippen molar-refractivity contribution in [3.63, 3.8) is 0 Å². The normalized spacial score (nSPS) is 21.0. The lowest BCUT2D eigenvalue weighted by atomic mass is 9.83. The number of benzene rings is 1. The van der Waals surface area contributed by atoms with Gasteiger partial charge in [0.05, 0.1) is 5.52 Å². The van der Waals surface area contributed by atoms with E-state index in [0.717, 1.165) is 53.5 Å². The fourth-order valence-corrected chi connectivity index (χ4v) is 4.69. The minimum Gasteiger partial charge on any atom is -0.348 e. The SMILES string of the molecule is O=c1cccc2n1C[C@H]1C[C@H]2CN(C(=S)Nc2ccc3ncccc3c2)C1. The van der Waals surface area contributed by atoms with Gasteiger partial charge in [0.2, 0.25) is 0 Å².